The summed E-state index contributed by atoms with van der Waals surface area (Å²) in [7, 11) is 0. The molecule has 0 fully saturated rings. The van der Waals surface area contributed by atoms with Crippen LogP contribution in [0.4, 0.5) is 0 Å². The maximum Gasteiger partial charge on any atom is 0.0992 e. The third kappa shape index (κ3) is 2.91. The van der Waals surface area contributed by atoms with Crippen LogP contribution in [0.2, 0.25) is 0 Å². The predicted octanol–water partition coefficient (Wildman–Crippen LogP) is 2.90. The molecule has 0 radical (unpaired) electrons. The lowest BCUT2D eigenvalue weighted by Gasteiger charge is -2.06. The molecule has 0 unspecified atom stereocenters. The van der Waals surface area contributed by atoms with Crippen molar-refractivity contribution in [1.29, 1.82) is 5.26 Å². The van der Waals surface area contributed by atoms with Crippen LogP contribution in [-0.4, -0.2) is 17.7 Å². The zero-order valence-corrected chi connectivity index (χ0v) is 10.8. The first-order valence-electron chi connectivity index (χ1n) is 6.55. The molecule has 0 aliphatic carbocycles. The zero-order valence-electron chi connectivity index (χ0n) is 10.8. The quantitative estimate of drug-likeness (QED) is 0.790. The van der Waals surface area contributed by atoms with Gasteiger partial charge in [-0.2, -0.15) is 5.26 Å². The summed E-state index contributed by atoms with van der Waals surface area (Å²) in [6.07, 6.45) is 4.46. The van der Waals surface area contributed by atoms with Gasteiger partial charge in [0.15, 0.2) is 0 Å². The number of benzene rings is 1. The van der Waals surface area contributed by atoms with Crippen LogP contribution in [0, 0.1) is 11.3 Å². The number of unbranched alkanes of at least 4 members (excludes halogenated alkanes) is 1. The lowest BCUT2D eigenvalue weighted by atomic mass is 10.2. The molecule has 0 saturated heterocycles. The van der Waals surface area contributed by atoms with Gasteiger partial charge in [0.2, 0.25) is 0 Å². The van der Waals surface area contributed by atoms with Gasteiger partial charge in [0.05, 0.1) is 11.6 Å². The summed E-state index contributed by atoms with van der Waals surface area (Å²) in [5.74, 6) is 0. The first-order chi connectivity index (χ1) is 8.85. The molecule has 0 amide bonds. The maximum atomic E-state index is 8.93. The summed E-state index contributed by atoms with van der Waals surface area (Å²) in [5.41, 5.74) is 1.90. The molecule has 0 aliphatic heterocycles. The Bertz CT molecular complexity index is 548. The molecule has 2 rings (SSSR count). The van der Waals surface area contributed by atoms with Crippen LogP contribution in [0.15, 0.2) is 30.5 Å². The molecule has 3 heteroatoms. The fourth-order valence-corrected chi connectivity index (χ4v) is 2.16. The Hall–Kier alpha value is -1.79. The van der Waals surface area contributed by atoms with E-state index in [1.54, 1.807) is 0 Å². The number of nitrogens with one attached hydrogen (secondary N) is 1. The van der Waals surface area contributed by atoms with E-state index in [0.717, 1.165) is 37.1 Å². The average molecular weight is 241 g/mol. The second-order valence-corrected chi connectivity index (χ2v) is 4.46. The maximum absolute atomic E-state index is 8.93. The van der Waals surface area contributed by atoms with Crippen molar-refractivity contribution in [3.8, 4) is 6.07 Å². The lowest BCUT2D eigenvalue weighted by Crippen LogP contribution is -2.14. The number of hydrogen-bond acceptors (Lipinski definition) is 2. The summed E-state index contributed by atoms with van der Waals surface area (Å²) in [5, 5.41) is 13.5. The molecule has 18 heavy (non-hydrogen) atoms. The van der Waals surface area contributed by atoms with Crippen molar-refractivity contribution in [3.05, 3.63) is 36.0 Å². The third-order valence-electron chi connectivity index (χ3n) is 3.16. The molecular formula is C15H19N3. The van der Waals surface area contributed by atoms with E-state index >= 15 is 0 Å². The Kier molecular flexibility index (Phi) is 4.38. The molecule has 2 aromatic rings. The van der Waals surface area contributed by atoms with E-state index in [1.165, 1.54) is 11.8 Å². The van der Waals surface area contributed by atoms with Crippen molar-refractivity contribution in [2.45, 2.75) is 26.3 Å². The van der Waals surface area contributed by atoms with Gasteiger partial charge in [-0.05, 0) is 49.5 Å². The minimum atomic E-state index is 0.732. The van der Waals surface area contributed by atoms with Crippen LogP contribution in [0.1, 0.15) is 25.3 Å². The molecule has 0 bridgehead atoms. The van der Waals surface area contributed by atoms with E-state index < -0.39 is 0 Å². The van der Waals surface area contributed by atoms with Gasteiger partial charge in [-0.15, -0.1) is 0 Å². The van der Waals surface area contributed by atoms with Crippen LogP contribution in [0.3, 0.4) is 0 Å². The first kappa shape index (κ1) is 12.7. The molecule has 94 valence electrons. The van der Waals surface area contributed by atoms with Crippen LogP contribution in [-0.2, 0) is 6.54 Å². The summed E-state index contributed by atoms with van der Waals surface area (Å²) < 4.78 is 2.24. The predicted molar refractivity (Wildman–Crippen MR) is 74.4 cm³/mol. The van der Waals surface area contributed by atoms with Gasteiger partial charge in [-0.1, -0.05) is 13.0 Å². The third-order valence-corrected chi connectivity index (χ3v) is 3.16. The smallest absolute Gasteiger partial charge is 0.0992 e. The molecule has 3 nitrogen and oxygen atoms in total. The van der Waals surface area contributed by atoms with Crippen molar-refractivity contribution in [1.82, 2.24) is 9.88 Å². The molecule has 0 aliphatic rings. The highest BCUT2D eigenvalue weighted by atomic mass is 14.9. The van der Waals surface area contributed by atoms with Gasteiger partial charge in [-0.25, -0.2) is 0 Å². The highest BCUT2D eigenvalue weighted by molar-refractivity contribution is 5.81. The molecule has 1 heterocycles. The molecular weight excluding hydrogens is 222 g/mol. The van der Waals surface area contributed by atoms with Crippen LogP contribution in [0.25, 0.3) is 10.9 Å². The van der Waals surface area contributed by atoms with Gasteiger partial charge in [-0.3, -0.25) is 0 Å². The Morgan fingerprint density at radius 1 is 1.28 bits per heavy atom. The largest absolute Gasteiger partial charge is 0.347 e. The Morgan fingerprint density at radius 2 is 2.17 bits per heavy atom. The van der Waals surface area contributed by atoms with Crippen molar-refractivity contribution in [2.75, 3.05) is 13.1 Å². The lowest BCUT2D eigenvalue weighted by molar-refractivity contribution is 0.586. The second kappa shape index (κ2) is 6.23. The number of nitriles is 1. The molecule has 1 aromatic carbocycles. The van der Waals surface area contributed by atoms with Gasteiger partial charge in [0, 0.05) is 18.3 Å². The zero-order chi connectivity index (χ0) is 12.8. The Morgan fingerprint density at radius 3 is 2.94 bits per heavy atom. The highest BCUT2D eigenvalue weighted by Gasteiger charge is 2.02. The number of hydrogen-bond donors (Lipinski definition) is 1. The van der Waals surface area contributed by atoms with Gasteiger partial charge in [0.1, 0.15) is 0 Å². The van der Waals surface area contributed by atoms with Crippen LogP contribution < -0.4 is 5.32 Å². The Balaban J connectivity index is 2.02. The van der Waals surface area contributed by atoms with Crippen LogP contribution in [0.5, 0.6) is 0 Å². The number of aryl methyl sites for hydroxylation is 1. The van der Waals surface area contributed by atoms with E-state index in [4.69, 9.17) is 5.26 Å². The standard InChI is InChI=1S/C15H19N3/c1-2-17-8-3-4-9-18-10-7-14-6-5-13(12-16)11-15(14)18/h5-7,10-11,17H,2-4,8-9H2,1H3. The SMILES string of the molecule is CCNCCCCn1ccc2ccc(C#N)cc21. The topological polar surface area (TPSA) is 40.8 Å². The first-order valence-corrected chi connectivity index (χ1v) is 6.55. The molecule has 1 N–H and O–H groups in total. The van der Waals surface area contributed by atoms with Crippen molar-refractivity contribution in [3.63, 3.8) is 0 Å². The Labute approximate surface area is 108 Å². The number of rotatable bonds is 6. The van der Waals surface area contributed by atoms with E-state index in [2.05, 4.69) is 35.1 Å². The van der Waals surface area contributed by atoms with E-state index in [0.29, 0.717) is 0 Å². The van der Waals surface area contributed by atoms with E-state index in [9.17, 15) is 0 Å². The number of nitrogens with zero attached hydrogens (tertiary/aromatic N) is 2. The minimum absolute atomic E-state index is 0.732. The van der Waals surface area contributed by atoms with Crippen molar-refractivity contribution in [2.24, 2.45) is 0 Å². The van der Waals surface area contributed by atoms with E-state index in [1.807, 2.05) is 18.2 Å². The van der Waals surface area contributed by atoms with Crippen LogP contribution >= 0.6 is 0 Å². The van der Waals surface area contributed by atoms with Gasteiger partial charge < -0.3 is 9.88 Å². The fourth-order valence-electron chi connectivity index (χ4n) is 2.16. The number of aromatic nitrogens is 1. The number of fused-ring (bicyclic) bond motifs is 1. The second-order valence-electron chi connectivity index (χ2n) is 4.46. The fraction of sp³-hybridized carbons (Fsp3) is 0.400. The normalized spacial score (nSPS) is 10.7. The molecule has 1 aromatic heterocycles. The minimum Gasteiger partial charge on any atom is -0.347 e. The summed E-state index contributed by atoms with van der Waals surface area (Å²) in [6.45, 7) is 5.27. The van der Waals surface area contributed by atoms with Crippen molar-refractivity contribution >= 4 is 10.9 Å². The summed E-state index contributed by atoms with van der Waals surface area (Å²) in [4.78, 5) is 0. The monoisotopic (exact) mass is 241 g/mol. The molecule has 0 spiro atoms. The van der Waals surface area contributed by atoms with Crippen molar-refractivity contribution < 1.29 is 0 Å². The molecule has 0 atom stereocenters. The summed E-state index contributed by atoms with van der Waals surface area (Å²) >= 11 is 0. The average Bonchev–Trinajstić information content (AvgIpc) is 2.81. The van der Waals surface area contributed by atoms with Gasteiger partial charge in [0.25, 0.3) is 0 Å². The van der Waals surface area contributed by atoms with Gasteiger partial charge >= 0.3 is 0 Å². The summed E-state index contributed by atoms with van der Waals surface area (Å²) in [6, 6.07) is 10.2. The van der Waals surface area contributed by atoms with E-state index in [-0.39, 0.29) is 0 Å². The molecule has 0 saturated carbocycles. The highest BCUT2D eigenvalue weighted by Crippen LogP contribution is 2.18.